The van der Waals surface area contributed by atoms with E-state index < -0.39 is 0 Å². The van der Waals surface area contributed by atoms with Crippen LogP contribution in [0.25, 0.3) is 0 Å². The lowest BCUT2D eigenvalue weighted by atomic mass is 10.5. The van der Waals surface area contributed by atoms with Crippen LogP contribution in [0.15, 0.2) is 0 Å². The van der Waals surface area contributed by atoms with Gasteiger partial charge in [-0.1, -0.05) is 0 Å². The van der Waals surface area contributed by atoms with Gasteiger partial charge in [-0.3, -0.25) is 4.79 Å². The summed E-state index contributed by atoms with van der Waals surface area (Å²) in [7, 11) is 0. The predicted molar refractivity (Wildman–Crippen MR) is 55.5 cm³/mol. The lowest BCUT2D eigenvalue weighted by Crippen LogP contribution is -2.31. The average Bonchev–Trinajstić information content (AvgIpc) is 2.14. The number of amides is 1. The van der Waals surface area contributed by atoms with Gasteiger partial charge >= 0.3 is 0 Å². The minimum absolute atomic E-state index is 0.174. The van der Waals surface area contributed by atoms with Gasteiger partial charge in [0.25, 0.3) is 0 Å². The van der Waals surface area contributed by atoms with E-state index in [0.717, 1.165) is 18.8 Å². The molecule has 0 bridgehead atoms. The normalized spacial score (nSPS) is 9.31. The van der Waals surface area contributed by atoms with Gasteiger partial charge in [-0.2, -0.15) is 17.0 Å². The third-order valence-electron chi connectivity index (χ3n) is 1.70. The van der Waals surface area contributed by atoms with Gasteiger partial charge in [0.05, 0.1) is 11.8 Å². The molecule has 0 heterocycles. The number of nitrogens with zero attached hydrogens (tertiary/aromatic N) is 2. The van der Waals surface area contributed by atoms with Crippen LogP contribution in [0.1, 0.15) is 20.3 Å². The Morgan fingerprint density at radius 1 is 1.46 bits per heavy atom. The second kappa shape index (κ2) is 7.93. The topological polar surface area (TPSA) is 44.1 Å². The summed E-state index contributed by atoms with van der Waals surface area (Å²) >= 11 is 1.53. The largest absolute Gasteiger partial charge is 0.343 e. The second-order valence-corrected chi connectivity index (χ2v) is 3.63. The van der Waals surface area contributed by atoms with E-state index in [4.69, 9.17) is 5.26 Å². The molecule has 0 radical (unpaired) electrons. The van der Waals surface area contributed by atoms with Gasteiger partial charge in [0.1, 0.15) is 0 Å². The van der Waals surface area contributed by atoms with E-state index in [9.17, 15) is 4.79 Å². The third kappa shape index (κ3) is 5.53. The molecule has 0 aromatic heterocycles. The summed E-state index contributed by atoms with van der Waals surface area (Å²) in [5.41, 5.74) is 0. The van der Waals surface area contributed by atoms with Crippen molar-refractivity contribution >= 4 is 17.7 Å². The Kier molecular flexibility index (Phi) is 7.51. The first kappa shape index (κ1) is 12.3. The molecule has 0 rings (SSSR count). The molecule has 0 aromatic carbocycles. The van der Waals surface area contributed by atoms with Crippen molar-refractivity contribution in [2.45, 2.75) is 20.3 Å². The highest BCUT2D eigenvalue weighted by Gasteiger charge is 2.08. The van der Waals surface area contributed by atoms with Crippen LogP contribution in [-0.4, -0.2) is 35.4 Å². The standard InChI is InChI=1S/C9H16N2OS/c1-3-11(4-2)9(12)8-13-7-5-6-10/h3-5,7-8H2,1-2H3. The number of thioether (sulfide) groups is 1. The smallest absolute Gasteiger partial charge is 0.232 e. The number of rotatable bonds is 6. The Morgan fingerprint density at radius 3 is 2.54 bits per heavy atom. The summed E-state index contributed by atoms with van der Waals surface area (Å²) < 4.78 is 0. The van der Waals surface area contributed by atoms with Gasteiger partial charge in [-0.25, -0.2) is 0 Å². The van der Waals surface area contributed by atoms with E-state index in [2.05, 4.69) is 6.07 Å². The molecule has 13 heavy (non-hydrogen) atoms. The van der Waals surface area contributed by atoms with Crippen molar-refractivity contribution < 1.29 is 4.79 Å². The average molecular weight is 200 g/mol. The Labute approximate surface area is 84.1 Å². The number of nitriles is 1. The highest BCUT2D eigenvalue weighted by molar-refractivity contribution is 7.99. The van der Waals surface area contributed by atoms with Crippen molar-refractivity contribution in [2.75, 3.05) is 24.6 Å². The van der Waals surface area contributed by atoms with Crippen LogP contribution < -0.4 is 0 Å². The summed E-state index contributed by atoms with van der Waals surface area (Å²) in [6, 6.07) is 2.05. The van der Waals surface area contributed by atoms with Crippen LogP contribution in [0.2, 0.25) is 0 Å². The Hall–Kier alpha value is -0.690. The van der Waals surface area contributed by atoms with E-state index in [0.29, 0.717) is 12.2 Å². The van der Waals surface area contributed by atoms with Crippen LogP contribution in [0.3, 0.4) is 0 Å². The molecular weight excluding hydrogens is 184 g/mol. The molecule has 0 N–H and O–H groups in total. The van der Waals surface area contributed by atoms with Gasteiger partial charge in [-0.05, 0) is 13.8 Å². The fraction of sp³-hybridized carbons (Fsp3) is 0.778. The lowest BCUT2D eigenvalue weighted by Gasteiger charge is -2.17. The predicted octanol–water partition coefficient (Wildman–Crippen LogP) is 1.50. The molecule has 0 aliphatic heterocycles. The maximum Gasteiger partial charge on any atom is 0.232 e. The highest BCUT2D eigenvalue weighted by Crippen LogP contribution is 2.03. The zero-order chi connectivity index (χ0) is 10.1. The Morgan fingerprint density at radius 2 is 2.08 bits per heavy atom. The zero-order valence-electron chi connectivity index (χ0n) is 8.25. The maximum atomic E-state index is 11.4. The molecule has 0 saturated heterocycles. The molecule has 0 aromatic rings. The number of hydrogen-bond acceptors (Lipinski definition) is 3. The highest BCUT2D eigenvalue weighted by atomic mass is 32.2. The van der Waals surface area contributed by atoms with Gasteiger partial charge in [0, 0.05) is 25.3 Å². The van der Waals surface area contributed by atoms with Crippen molar-refractivity contribution in [3.05, 3.63) is 0 Å². The molecule has 0 atom stereocenters. The van der Waals surface area contributed by atoms with Gasteiger partial charge < -0.3 is 4.90 Å². The minimum Gasteiger partial charge on any atom is -0.343 e. The number of carbonyl (C=O) groups is 1. The van der Waals surface area contributed by atoms with Crippen LogP contribution in [0, 0.1) is 11.3 Å². The third-order valence-corrected chi connectivity index (χ3v) is 2.64. The Bertz CT molecular complexity index is 185. The summed E-state index contributed by atoms with van der Waals surface area (Å²) in [5.74, 6) is 1.43. The first-order valence-electron chi connectivity index (χ1n) is 4.48. The molecule has 0 unspecified atom stereocenters. The molecule has 0 saturated carbocycles. The molecule has 0 aliphatic carbocycles. The SMILES string of the molecule is CCN(CC)C(=O)CSCCC#N. The summed E-state index contributed by atoms with van der Waals surface area (Å²) in [6.07, 6.45) is 0.524. The van der Waals surface area contributed by atoms with E-state index in [1.54, 1.807) is 4.90 Å². The van der Waals surface area contributed by atoms with Crippen LogP contribution in [0.4, 0.5) is 0 Å². The van der Waals surface area contributed by atoms with Crippen molar-refractivity contribution in [2.24, 2.45) is 0 Å². The van der Waals surface area contributed by atoms with E-state index in [-0.39, 0.29) is 5.91 Å². The van der Waals surface area contributed by atoms with Crippen LogP contribution in [-0.2, 0) is 4.79 Å². The zero-order valence-corrected chi connectivity index (χ0v) is 9.06. The molecular formula is C9H16N2OS. The summed E-state index contributed by atoms with van der Waals surface area (Å²) in [4.78, 5) is 13.2. The fourth-order valence-electron chi connectivity index (χ4n) is 0.945. The molecule has 0 fully saturated rings. The van der Waals surface area contributed by atoms with Crippen molar-refractivity contribution in [3.63, 3.8) is 0 Å². The van der Waals surface area contributed by atoms with Crippen molar-refractivity contribution in [1.82, 2.24) is 4.90 Å². The minimum atomic E-state index is 0.174. The number of hydrogen-bond donors (Lipinski definition) is 0. The molecule has 4 heteroatoms. The van der Waals surface area contributed by atoms with Gasteiger partial charge in [0.2, 0.25) is 5.91 Å². The van der Waals surface area contributed by atoms with Gasteiger partial charge in [-0.15, -0.1) is 0 Å². The van der Waals surface area contributed by atoms with Crippen LogP contribution >= 0.6 is 11.8 Å². The molecule has 3 nitrogen and oxygen atoms in total. The van der Waals surface area contributed by atoms with E-state index in [1.807, 2.05) is 13.8 Å². The number of carbonyl (C=O) groups excluding carboxylic acids is 1. The van der Waals surface area contributed by atoms with Gasteiger partial charge in [0.15, 0.2) is 0 Å². The molecule has 1 amide bonds. The fourth-order valence-corrected chi connectivity index (χ4v) is 1.68. The van der Waals surface area contributed by atoms with Crippen molar-refractivity contribution in [1.29, 1.82) is 5.26 Å². The monoisotopic (exact) mass is 200 g/mol. The summed E-state index contributed by atoms with van der Waals surface area (Å²) in [5, 5.41) is 8.27. The summed E-state index contributed by atoms with van der Waals surface area (Å²) in [6.45, 7) is 5.49. The quantitative estimate of drug-likeness (QED) is 0.610. The maximum absolute atomic E-state index is 11.4. The lowest BCUT2D eigenvalue weighted by molar-refractivity contribution is -0.127. The molecule has 74 valence electrons. The Balaban J connectivity index is 3.55. The van der Waals surface area contributed by atoms with Crippen molar-refractivity contribution in [3.8, 4) is 6.07 Å². The van der Waals surface area contributed by atoms with E-state index in [1.165, 1.54) is 11.8 Å². The first-order valence-corrected chi connectivity index (χ1v) is 5.64. The van der Waals surface area contributed by atoms with Crippen LogP contribution in [0.5, 0.6) is 0 Å². The molecule has 0 aliphatic rings. The second-order valence-electron chi connectivity index (χ2n) is 2.53. The van der Waals surface area contributed by atoms with E-state index >= 15 is 0 Å². The molecule has 0 spiro atoms. The first-order chi connectivity index (χ1) is 6.26.